The summed E-state index contributed by atoms with van der Waals surface area (Å²) in [6, 6.07) is 2.53. The van der Waals surface area contributed by atoms with E-state index in [0.717, 1.165) is 23.3 Å². The summed E-state index contributed by atoms with van der Waals surface area (Å²) < 4.78 is 0. The second-order valence-corrected chi connectivity index (χ2v) is 5.73. The minimum absolute atomic E-state index is 0.167. The van der Waals surface area contributed by atoms with Crippen LogP contribution in [0.25, 0.3) is 0 Å². The molecule has 1 saturated heterocycles. The topological polar surface area (TPSA) is 46.3 Å². The number of aryl methyl sites for hydroxylation is 1. The van der Waals surface area contributed by atoms with E-state index in [0.29, 0.717) is 12.6 Å². The van der Waals surface area contributed by atoms with Crippen LogP contribution < -0.4 is 5.73 Å². The predicted octanol–water partition coefficient (Wildman–Crippen LogP) is 2.40. The van der Waals surface area contributed by atoms with Gasteiger partial charge in [0, 0.05) is 18.6 Å². The summed E-state index contributed by atoms with van der Waals surface area (Å²) in [5.74, 6) is 0.167. The number of carbonyl (C=O) groups excluding carboxylic acids is 1. The van der Waals surface area contributed by atoms with Crippen LogP contribution in [0.4, 0.5) is 0 Å². The van der Waals surface area contributed by atoms with Gasteiger partial charge in [0.15, 0.2) is 0 Å². The molecular weight excluding hydrogens is 232 g/mol. The summed E-state index contributed by atoms with van der Waals surface area (Å²) in [6.07, 6.45) is 3.31. The van der Waals surface area contributed by atoms with Gasteiger partial charge >= 0.3 is 0 Å². The SMILES string of the molecule is Cc1ccsc1C(=O)N1C(C)CCCC1CN. The Bertz CT molecular complexity index is 402. The standard InChI is InChI=1S/C13H20N2OS/c1-9-6-7-17-12(9)13(16)15-10(2)4-3-5-11(15)8-14/h6-7,10-11H,3-5,8,14H2,1-2H3. The molecule has 1 amide bonds. The lowest BCUT2D eigenvalue weighted by Gasteiger charge is -2.40. The monoisotopic (exact) mass is 252 g/mol. The third-order valence-electron chi connectivity index (χ3n) is 3.59. The second-order valence-electron chi connectivity index (χ2n) is 4.81. The van der Waals surface area contributed by atoms with Gasteiger partial charge in [-0.15, -0.1) is 11.3 Å². The molecule has 0 aromatic carbocycles. The van der Waals surface area contributed by atoms with E-state index in [-0.39, 0.29) is 11.9 Å². The fourth-order valence-corrected chi connectivity index (χ4v) is 3.46. The Morgan fingerprint density at radius 1 is 1.59 bits per heavy atom. The number of rotatable bonds is 2. The normalized spacial score (nSPS) is 25.0. The van der Waals surface area contributed by atoms with E-state index in [1.807, 2.05) is 23.3 Å². The number of nitrogens with zero attached hydrogens (tertiary/aromatic N) is 1. The van der Waals surface area contributed by atoms with Crippen LogP contribution in [-0.2, 0) is 0 Å². The Hall–Kier alpha value is -0.870. The Labute approximate surface area is 107 Å². The van der Waals surface area contributed by atoms with Gasteiger partial charge in [-0.3, -0.25) is 4.79 Å². The molecular formula is C13H20N2OS. The van der Waals surface area contributed by atoms with Crippen LogP contribution in [0.2, 0.25) is 0 Å². The fourth-order valence-electron chi connectivity index (χ4n) is 2.59. The Morgan fingerprint density at radius 3 is 2.94 bits per heavy atom. The molecule has 17 heavy (non-hydrogen) atoms. The number of hydrogen-bond donors (Lipinski definition) is 1. The van der Waals surface area contributed by atoms with Crippen LogP contribution in [-0.4, -0.2) is 29.4 Å². The molecule has 4 heteroatoms. The van der Waals surface area contributed by atoms with Gasteiger partial charge in [0.05, 0.1) is 4.88 Å². The molecule has 2 rings (SSSR count). The van der Waals surface area contributed by atoms with Gasteiger partial charge in [-0.1, -0.05) is 0 Å². The molecule has 94 valence electrons. The third kappa shape index (κ3) is 2.38. The first-order valence-electron chi connectivity index (χ1n) is 6.22. The number of likely N-dealkylation sites (tertiary alicyclic amines) is 1. The molecule has 2 unspecified atom stereocenters. The summed E-state index contributed by atoms with van der Waals surface area (Å²) in [5.41, 5.74) is 6.87. The molecule has 2 heterocycles. The first-order valence-corrected chi connectivity index (χ1v) is 7.10. The Kier molecular flexibility index (Phi) is 3.84. The molecule has 1 aromatic heterocycles. The van der Waals surface area contributed by atoms with Gasteiger partial charge in [0.25, 0.3) is 5.91 Å². The number of hydrogen-bond acceptors (Lipinski definition) is 3. The zero-order valence-electron chi connectivity index (χ0n) is 10.5. The van der Waals surface area contributed by atoms with Gasteiger partial charge in [0.2, 0.25) is 0 Å². The first-order chi connectivity index (χ1) is 8.15. The molecule has 2 atom stereocenters. The molecule has 1 aliphatic heterocycles. The lowest BCUT2D eigenvalue weighted by Crippen LogP contribution is -2.51. The molecule has 0 radical (unpaired) electrons. The van der Waals surface area contributed by atoms with E-state index in [1.165, 1.54) is 17.8 Å². The lowest BCUT2D eigenvalue weighted by atomic mass is 9.96. The maximum Gasteiger partial charge on any atom is 0.264 e. The van der Waals surface area contributed by atoms with Crippen molar-refractivity contribution in [1.82, 2.24) is 4.90 Å². The van der Waals surface area contributed by atoms with Crippen molar-refractivity contribution in [2.75, 3.05) is 6.54 Å². The van der Waals surface area contributed by atoms with E-state index < -0.39 is 0 Å². The molecule has 1 aliphatic rings. The van der Waals surface area contributed by atoms with Crippen LogP contribution in [0.3, 0.4) is 0 Å². The van der Waals surface area contributed by atoms with Crippen LogP contribution in [0, 0.1) is 6.92 Å². The second kappa shape index (κ2) is 5.19. The smallest absolute Gasteiger partial charge is 0.264 e. The molecule has 0 bridgehead atoms. The van der Waals surface area contributed by atoms with Crippen molar-refractivity contribution in [2.24, 2.45) is 5.73 Å². The number of nitrogens with two attached hydrogens (primary N) is 1. The maximum atomic E-state index is 12.5. The number of amides is 1. The summed E-state index contributed by atoms with van der Waals surface area (Å²) in [7, 11) is 0. The summed E-state index contributed by atoms with van der Waals surface area (Å²) in [6.45, 7) is 4.69. The average Bonchev–Trinajstić information content (AvgIpc) is 2.74. The molecule has 1 aromatic rings. The summed E-state index contributed by atoms with van der Waals surface area (Å²) in [5, 5.41) is 1.98. The fraction of sp³-hybridized carbons (Fsp3) is 0.615. The third-order valence-corrected chi connectivity index (χ3v) is 4.59. The van der Waals surface area contributed by atoms with Crippen molar-refractivity contribution in [3.05, 3.63) is 21.9 Å². The highest BCUT2D eigenvalue weighted by Crippen LogP contribution is 2.27. The molecule has 0 aliphatic carbocycles. The zero-order valence-corrected chi connectivity index (χ0v) is 11.3. The van der Waals surface area contributed by atoms with Gasteiger partial charge in [-0.2, -0.15) is 0 Å². The van der Waals surface area contributed by atoms with Crippen LogP contribution in [0.1, 0.15) is 41.4 Å². The van der Waals surface area contributed by atoms with E-state index >= 15 is 0 Å². The minimum Gasteiger partial charge on any atom is -0.331 e. The Morgan fingerprint density at radius 2 is 2.35 bits per heavy atom. The average molecular weight is 252 g/mol. The Balaban J connectivity index is 2.24. The number of carbonyl (C=O) groups is 1. The van der Waals surface area contributed by atoms with E-state index in [1.54, 1.807) is 0 Å². The minimum atomic E-state index is 0.167. The van der Waals surface area contributed by atoms with E-state index in [4.69, 9.17) is 5.73 Å². The number of piperidine rings is 1. The summed E-state index contributed by atoms with van der Waals surface area (Å²) >= 11 is 1.53. The van der Waals surface area contributed by atoms with Crippen LogP contribution in [0.15, 0.2) is 11.4 Å². The quantitative estimate of drug-likeness (QED) is 0.878. The summed E-state index contributed by atoms with van der Waals surface area (Å²) in [4.78, 5) is 15.4. The van der Waals surface area contributed by atoms with Gasteiger partial charge < -0.3 is 10.6 Å². The highest BCUT2D eigenvalue weighted by Gasteiger charge is 2.32. The lowest BCUT2D eigenvalue weighted by molar-refractivity contribution is 0.0498. The number of thiophene rings is 1. The molecule has 0 spiro atoms. The maximum absolute atomic E-state index is 12.5. The van der Waals surface area contributed by atoms with Crippen molar-refractivity contribution in [3.8, 4) is 0 Å². The molecule has 0 saturated carbocycles. The van der Waals surface area contributed by atoms with Crippen LogP contribution >= 0.6 is 11.3 Å². The predicted molar refractivity (Wildman–Crippen MR) is 71.4 cm³/mol. The van der Waals surface area contributed by atoms with Crippen molar-refractivity contribution in [2.45, 2.75) is 45.2 Å². The molecule has 2 N–H and O–H groups in total. The van der Waals surface area contributed by atoms with Crippen molar-refractivity contribution in [3.63, 3.8) is 0 Å². The first kappa shape index (κ1) is 12.6. The largest absolute Gasteiger partial charge is 0.331 e. The molecule has 1 fully saturated rings. The van der Waals surface area contributed by atoms with E-state index in [2.05, 4.69) is 6.92 Å². The molecule has 3 nitrogen and oxygen atoms in total. The van der Waals surface area contributed by atoms with Crippen molar-refractivity contribution in [1.29, 1.82) is 0 Å². The highest BCUT2D eigenvalue weighted by molar-refractivity contribution is 7.12. The van der Waals surface area contributed by atoms with Crippen LogP contribution in [0.5, 0.6) is 0 Å². The van der Waals surface area contributed by atoms with Gasteiger partial charge in [-0.05, 0) is 50.1 Å². The zero-order chi connectivity index (χ0) is 12.4. The van der Waals surface area contributed by atoms with Gasteiger partial charge in [-0.25, -0.2) is 0 Å². The van der Waals surface area contributed by atoms with Crippen molar-refractivity contribution < 1.29 is 4.79 Å². The van der Waals surface area contributed by atoms with Gasteiger partial charge in [0.1, 0.15) is 0 Å². The highest BCUT2D eigenvalue weighted by atomic mass is 32.1. The van der Waals surface area contributed by atoms with Crippen molar-refractivity contribution >= 4 is 17.2 Å². The van der Waals surface area contributed by atoms with E-state index in [9.17, 15) is 4.79 Å².